The summed E-state index contributed by atoms with van der Waals surface area (Å²) in [5.41, 5.74) is 10.4. The van der Waals surface area contributed by atoms with Crippen LogP contribution < -0.4 is 14.5 Å². The van der Waals surface area contributed by atoms with Crippen LogP contribution in [0.2, 0.25) is 0 Å². The molecule has 8 heteroatoms. The number of pyridine rings is 3. The van der Waals surface area contributed by atoms with E-state index in [2.05, 4.69) is 133 Å². The molecule has 0 saturated heterocycles. The van der Waals surface area contributed by atoms with Crippen molar-refractivity contribution in [2.75, 3.05) is 9.80 Å². The predicted octanol–water partition coefficient (Wildman–Crippen LogP) is 11.3. The van der Waals surface area contributed by atoms with Crippen molar-refractivity contribution in [2.24, 2.45) is 0 Å². The van der Waals surface area contributed by atoms with E-state index in [-0.39, 0.29) is 26.5 Å². The minimum atomic E-state index is -0.0164. The average Bonchev–Trinajstić information content (AvgIpc) is 3.71. The topological polar surface area (TPSA) is 59.3 Å². The Hall–Kier alpha value is -5.78. The maximum Gasteiger partial charge on any atom is 0.135 e. The number of benzene rings is 4. The standard InChI is InChI=1S/C46H37N6O.Pt/c1-30-24-32(39-15-8-9-21-47-39)25-31(2)44(30)51-29-50(45-41(51)17-11-22-49-45)34-12-10-13-35(27-34)53-36-18-19-38-37-14-6-7-16-40(37)52(42(38)28-36)43-26-33(20-23-48-43)46(3,4)5;/h6-26,29H,1-5H3;/q-3;. The van der Waals surface area contributed by atoms with Gasteiger partial charge in [0.15, 0.2) is 0 Å². The van der Waals surface area contributed by atoms with Crippen molar-refractivity contribution in [1.29, 1.82) is 0 Å². The molecule has 1 aliphatic heterocycles. The Kier molecular flexibility index (Phi) is 9.07. The van der Waals surface area contributed by atoms with E-state index in [1.165, 1.54) is 5.56 Å². The molecule has 0 N–H and O–H groups in total. The molecule has 1 aliphatic rings. The molecule has 4 aromatic heterocycles. The van der Waals surface area contributed by atoms with Crippen LogP contribution >= 0.6 is 0 Å². The number of rotatable bonds is 6. The van der Waals surface area contributed by atoms with E-state index in [1.807, 2.05) is 67.1 Å². The van der Waals surface area contributed by atoms with Crippen LogP contribution in [0.5, 0.6) is 11.5 Å². The van der Waals surface area contributed by atoms with Gasteiger partial charge in [-0.1, -0.05) is 56.2 Å². The Balaban J connectivity index is 0.00000413. The summed E-state index contributed by atoms with van der Waals surface area (Å²) in [4.78, 5) is 18.5. The third-order valence-corrected chi connectivity index (χ3v) is 9.81. The first-order chi connectivity index (χ1) is 25.7. The summed E-state index contributed by atoms with van der Waals surface area (Å²) >= 11 is 0. The molecule has 7 nitrogen and oxygen atoms in total. The molecule has 0 unspecified atom stereocenters. The van der Waals surface area contributed by atoms with Gasteiger partial charge in [-0.3, -0.25) is 4.98 Å². The fourth-order valence-corrected chi connectivity index (χ4v) is 7.30. The summed E-state index contributed by atoms with van der Waals surface area (Å²) in [6.45, 7) is 13.0. The molecule has 0 bridgehead atoms. The van der Waals surface area contributed by atoms with E-state index in [1.54, 1.807) is 0 Å². The van der Waals surface area contributed by atoms with Crippen molar-refractivity contribution in [3.05, 3.63) is 163 Å². The van der Waals surface area contributed by atoms with E-state index in [4.69, 9.17) is 14.7 Å². The number of hydrogen-bond donors (Lipinski definition) is 0. The molecule has 0 atom stereocenters. The van der Waals surface area contributed by atoms with Crippen LogP contribution in [0.4, 0.5) is 22.9 Å². The minimum Gasteiger partial charge on any atom is -0.509 e. The molecule has 0 saturated carbocycles. The summed E-state index contributed by atoms with van der Waals surface area (Å²) < 4.78 is 8.70. The fraction of sp³-hybridized carbons (Fsp3) is 0.130. The van der Waals surface area contributed by atoms with E-state index < -0.39 is 0 Å². The molecule has 270 valence electrons. The van der Waals surface area contributed by atoms with Gasteiger partial charge in [0.25, 0.3) is 0 Å². The van der Waals surface area contributed by atoms with Crippen LogP contribution in [-0.2, 0) is 26.5 Å². The predicted molar refractivity (Wildman–Crippen MR) is 213 cm³/mol. The summed E-state index contributed by atoms with van der Waals surface area (Å²) in [6, 6.07) is 44.2. The number of aromatic nitrogens is 4. The Morgan fingerprint density at radius 1 is 0.667 bits per heavy atom. The first-order valence-electron chi connectivity index (χ1n) is 17.8. The van der Waals surface area contributed by atoms with Crippen LogP contribution in [0.25, 0.3) is 38.9 Å². The molecule has 0 spiro atoms. The van der Waals surface area contributed by atoms with Crippen LogP contribution in [0.1, 0.15) is 37.5 Å². The molecule has 0 fully saturated rings. The molecule has 0 aliphatic carbocycles. The zero-order chi connectivity index (χ0) is 36.3. The van der Waals surface area contributed by atoms with Crippen molar-refractivity contribution in [3.63, 3.8) is 0 Å². The minimum absolute atomic E-state index is 0. The summed E-state index contributed by atoms with van der Waals surface area (Å²) in [5, 5.41) is 2.22. The number of fused-ring (bicyclic) bond motifs is 4. The Morgan fingerprint density at radius 3 is 2.24 bits per heavy atom. The summed E-state index contributed by atoms with van der Waals surface area (Å²) in [5.74, 6) is 2.83. The van der Waals surface area contributed by atoms with E-state index >= 15 is 0 Å². The smallest absolute Gasteiger partial charge is 0.135 e. The van der Waals surface area contributed by atoms with Crippen molar-refractivity contribution in [3.8, 4) is 28.6 Å². The van der Waals surface area contributed by atoms with Crippen molar-refractivity contribution >= 4 is 44.7 Å². The Labute approximate surface area is 330 Å². The van der Waals surface area contributed by atoms with E-state index in [0.717, 1.165) is 72.9 Å². The van der Waals surface area contributed by atoms with Crippen molar-refractivity contribution in [1.82, 2.24) is 19.5 Å². The van der Waals surface area contributed by atoms with Gasteiger partial charge in [0, 0.05) is 67.9 Å². The number of anilines is 4. The zero-order valence-corrected chi connectivity index (χ0v) is 32.9. The first kappa shape index (κ1) is 35.3. The Morgan fingerprint density at radius 2 is 1.44 bits per heavy atom. The average molecular weight is 885 g/mol. The van der Waals surface area contributed by atoms with Crippen LogP contribution in [0, 0.1) is 32.6 Å². The molecule has 4 aromatic carbocycles. The summed E-state index contributed by atoms with van der Waals surface area (Å²) in [7, 11) is 0. The molecule has 0 amide bonds. The maximum atomic E-state index is 6.52. The van der Waals surface area contributed by atoms with Crippen LogP contribution in [0.15, 0.2) is 128 Å². The van der Waals surface area contributed by atoms with Gasteiger partial charge in [0.05, 0.1) is 11.4 Å². The van der Waals surface area contributed by atoms with Gasteiger partial charge in [-0.25, -0.2) is 9.97 Å². The second-order valence-electron chi connectivity index (χ2n) is 14.5. The molecule has 9 rings (SSSR count). The molecule has 0 radical (unpaired) electrons. The Bertz CT molecular complexity index is 2640. The van der Waals surface area contributed by atoms with Crippen LogP contribution in [-0.4, -0.2) is 19.5 Å². The molecule has 5 heterocycles. The second kappa shape index (κ2) is 13.9. The van der Waals surface area contributed by atoms with Gasteiger partial charge in [0.1, 0.15) is 11.6 Å². The molecular weight excluding hydrogens is 848 g/mol. The van der Waals surface area contributed by atoms with Gasteiger partial charge in [-0.2, -0.15) is 12.1 Å². The SMILES string of the molecule is Cc1cc(-c2ccccn2)cc(C)c1N1[CH-]N(c2[c-]c(Oc3[c-]c4c(cc3)c3ccccc3n4-c3cc(C(C)(C)C)ccn3)ccc2)c2ncccc21.[Pt]. The van der Waals surface area contributed by atoms with Gasteiger partial charge in [-0.05, 0) is 95.9 Å². The fourth-order valence-electron chi connectivity index (χ4n) is 7.30. The number of para-hydroxylation sites is 1. The summed E-state index contributed by atoms with van der Waals surface area (Å²) in [6.07, 6.45) is 5.54. The monoisotopic (exact) mass is 884 g/mol. The number of ether oxygens (including phenoxy) is 1. The van der Waals surface area contributed by atoms with Crippen molar-refractivity contribution < 1.29 is 25.8 Å². The normalized spacial score (nSPS) is 12.6. The number of nitrogens with zero attached hydrogens (tertiary/aromatic N) is 6. The zero-order valence-electron chi connectivity index (χ0n) is 30.6. The van der Waals surface area contributed by atoms with E-state index in [9.17, 15) is 0 Å². The van der Waals surface area contributed by atoms with Gasteiger partial charge in [0.2, 0.25) is 0 Å². The number of hydrogen-bond acceptors (Lipinski definition) is 6. The van der Waals surface area contributed by atoms with Gasteiger partial charge < -0.3 is 19.1 Å². The second-order valence-corrected chi connectivity index (χ2v) is 14.5. The number of aryl methyl sites for hydroxylation is 2. The van der Waals surface area contributed by atoms with Crippen LogP contribution in [0.3, 0.4) is 0 Å². The van der Waals surface area contributed by atoms with Gasteiger partial charge in [-0.15, -0.1) is 42.4 Å². The molecule has 8 aromatic rings. The maximum absolute atomic E-state index is 6.52. The third kappa shape index (κ3) is 6.22. The van der Waals surface area contributed by atoms with Crippen molar-refractivity contribution in [2.45, 2.75) is 40.0 Å². The molecule has 54 heavy (non-hydrogen) atoms. The van der Waals surface area contributed by atoms with E-state index in [0.29, 0.717) is 11.5 Å². The first-order valence-corrected chi connectivity index (χ1v) is 17.8. The largest absolute Gasteiger partial charge is 0.509 e. The third-order valence-electron chi connectivity index (χ3n) is 9.81. The van der Waals surface area contributed by atoms with Gasteiger partial charge >= 0.3 is 0 Å². The quantitative estimate of drug-likeness (QED) is 0.155. The molecular formula is C46H37N6OPt-3.